The van der Waals surface area contributed by atoms with Gasteiger partial charge in [0.1, 0.15) is 6.04 Å². The first kappa shape index (κ1) is 22.4. The highest BCUT2D eigenvalue weighted by atomic mass is 35.5. The van der Waals surface area contributed by atoms with Crippen molar-refractivity contribution in [2.75, 3.05) is 11.9 Å². The second-order valence-electron chi connectivity index (χ2n) is 7.13. The quantitative estimate of drug-likeness (QED) is 0.619. The van der Waals surface area contributed by atoms with Crippen LogP contribution in [0, 0.1) is 12.8 Å². The molecule has 3 amide bonds. The van der Waals surface area contributed by atoms with Gasteiger partial charge in [0, 0.05) is 10.7 Å². The van der Waals surface area contributed by atoms with Crippen LogP contribution in [0.15, 0.2) is 48.5 Å². The molecule has 0 aliphatic carbocycles. The van der Waals surface area contributed by atoms with Crippen LogP contribution in [0.3, 0.4) is 0 Å². The molecule has 2 rings (SSSR count). The van der Waals surface area contributed by atoms with Crippen LogP contribution in [0.1, 0.15) is 25.0 Å². The van der Waals surface area contributed by atoms with E-state index in [4.69, 9.17) is 11.6 Å². The molecule has 0 aliphatic heterocycles. The molecule has 0 saturated carbocycles. The van der Waals surface area contributed by atoms with E-state index in [2.05, 4.69) is 16.0 Å². The van der Waals surface area contributed by atoms with Crippen molar-refractivity contribution >= 4 is 35.0 Å². The molecule has 0 bridgehead atoms. The van der Waals surface area contributed by atoms with Crippen molar-refractivity contribution < 1.29 is 14.4 Å². The summed E-state index contributed by atoms with van der Waals surface area (Å²) in [6, 6.07) is 13.8. The Morgan fingerprint density at radius 2 is 1.66 bits per heavy atom. The van der Waals surface area contributed by atoms with Crippen molar-refractivity contribution in [3.05, 3.63) is 64.7 Å². The Bertz CT molecular complexity index is 869. The number of nitrogens with one attached hydrogen (secondary N) is 3. The third-order valence-electron chi connectivity index (χ3n) is 4.44. The minimum atomic E-state index is -0.730. The van der Waals surface area contributed by atoms with Crippen molar-refractivity contribution in [3.8, 4) is 0 Å². The van der Waals surface area contributed by atoms with Gasteiger partial charge in [-0.3, -0.25) is 14.4 Å². The van der Waals surface area contributed by atoms with E-state index in [9.17, 15) is 14.4 Å². The lowest BCUT2D eigenvalue weighted by molar-refractivity contribution is -0.130. The molecule has 7 heteroatoms. The highest BCUT2D eigenvalue weighted by Crippen LogP contribution is 2.22. The molecule has 0 radical (unpaired) electrons. The lowest BCUT2D eigenvalue weighted by atomic mass is 10.0. The van der Waals surface area contributed by atoms with E-state index in [0.29, 0.717) is 10.7 Å². The fourth-order valence-electron chi connectivity index (χ4n) is 2.76. The maximum atomic E-state index is 12.5. The van der Waals surface area contributed by atoms with Gasteiger partial charge in [0.05, 0.1) is 13.0 Å². The summed E-state index contributed by atoms with van der Waals surface area (Å²) < 4.78 is 0. The first-order chi connectivity index (χ1) is 13.8. The fraction of sp³-hybridized carbons (Fsp3) is 0.318. The zero-order valence-corrected chi connectivity index (χ0v) is 17.5. The number of halogens is 1. The first-order valence-electron chi connectivity index (χ1n) is 9.44. The van der Waals surface area contributed by atoms with E-state index in [0.717, 1.165) is 11.1 Å². The summed E-state index contributed by atoms with van der Waals surface area (Å²) in [5.41, 5.74) is 2.21. The van der Waals surface area contributed by atoms with Crippen molar-refractivity contribution in [2.45, 2.75) is 33.2 Å². The Morgan fingerprint density at radius 1 is 0.966 bits per heavy atom. The fourth-order valence-corrected chi connectivity index (χ4v) is 2.93. The number of hydrogen-bond acceptors (Lipinski definition) is 3. The van der Waals surface area contributed by atoms with E-state index in [1.165, 1.54) is 0 Å². The number of amides is 3. The van der Waals surface area contributed by atoms with Gasteiger partial charge in [-0.2, -0.15) is 0 Å². The van der Waals surface area contributed by atoms with Gasteiger partial charge < -0.3 is 16.0 Å². The minimum absolute atomic E-state index is 0.132. The molecule has 0 fully saturated rings. The van der Waals surface area contributed by atoms with Crippen molar-refractivity contribution in [1.82, 2.24) is 10.6 Å². The summed E-state index contributed by atoms with van der Waals surface area (Å²) in [6.07, 6.45) is 0.186. The van der Waals surface area contributed by atoms with Crippen LogP contribution in [-0.4, -0.2) is 30.3 Å². The number of carbonyl (C=O) groups excluding carboxylic acids is 3. The highest BCUT2D eigenvalue weighted by Gasteiger charge is 2.24. The Morgan fingerprint density at radius 3 is 2.31 bits per heavy atom. The van der Waals surface area contributed by atoms with Crippen LogP contribution in [0.2, 0.25) is 5.02 Å². The number of hydrogen-bond donors (Lipinski definition) is 3. The largest absolute Gasteiger partial charge is 0.345 e. The Balaban J connectivity index is 1.89. The standard InChI is InChI=1S/C22H26ClN3O3/c1-14(2)21(26-19(27)12-16-8-5-4-6-9-16)22(29)24-13-20(28)25-18-11-7-10-17(23)15(18)3/h4-11,14,21H,12-13H2,1-3H3,(H,24,29)(H,25,28)(H,26,27)/t21-/m1/s1. The zero-order valence-electron chi connectivity index (χ0n) is 16.8. The average Bonchev–Trinajstić information content (AvgIpc) is 2.68. The van der Waals surface area contributed by atoms with Crippen molar-refractivity contribution in [2.24, 2.45) is 5.92 Å². The lowest BCUT2D eigenvalue weighted by Crippen LogP contribution is -2.51. The SMILES string of the molecule is Cc1c(Cl)cccc1NC(=O)CNC(=O)[C@H](NC(=O)Cc1ccccc1)C(C)C. The van der Waals surface area contributed by atoms with Crippen molar-refractivity contribution in [1.29, 1.82) is 0 Å². The van der Waals surface area contributed by atoms with Gasteiger partial charge in [-0.1, -0.05) is 61.8 Å². The molecule has 3 N–H and O–H groups in total. The predicted octanol–water partition coefficient (Wildman–Crippen LogP) is 3.09. The molecule has 0 unspecified atom stereocenters. The van der Waals surface area contributed by atoms with E-state index in [1.807, 2.05) is 44.2 Å². The van der Waals surface area contributed by atoms with E-state index in [1.54, 1.807) is 25.1 Å². The number of benzene rings is 2. The number of anilines is 1. The molecule has 1 atom stereocenters. The van der Waals surface area contributed by atoms with Crippen LogP contribution >= 0.6 is 11.6 Å². The summed E-state index contributed by atoms with van der Waals surface area (Å²) in [6.45, 7) is 5.26. The summed E-state index contributed by atoms with van der Waals surface area (Å²) >= 11 is 6.05. The van der Waals surface area contributed by atoms with Crippen molar-refractivity contribution in [3.63, 3.8) is 0 Å². The second-order valence-corrected chi connectivity index (χ2v) is 7.54. The van der Waals surface area contributed by atoms with Gasteiger partial charge in [0.15, 0.2) is 0 Å². The molecule has 0 aliphatic rings. The van der Waals surface area contributed by atoms with E-state index >= 15 is 0 Å². The maximum absolute atomic E-state index is 12.5. The smallest absolute Gasteiger partial charge is 0.243 e. The van der Waals surface area contributed by atoms with Crippen LogP contribution < -0.4 is 16.0 Å². The lowest BCUT2D eigenvalue weighted by Gasteiger charge is -2.21. The third kappa shape index (κ3) is 6.91. The maximum Gasteiger partial charge on any atom is 0.243 e. The average molecular weight is 416 g/mol. The minimum Gasteiger partial charge on any atom is -0.345 e. The van der Waals surface area contributed by atoms with Crippen LogP contribution in [0.5, 0.6) is 0 Å². The first-order valence-corrected chi connectivity index (χ1v) is 9.81. The second kappa shape index (κ2) is 10.6. The normalized spacial score (nSPS) is 11.6. The molecule has 6 nitrogen and oxygen atoms in total. The summed E-state index contributed by atoms with van der Waals surface area (Å²) in [5, 5.41) is 8.61. The molecule has 2 aromatic rings. The van der Waals surface area contributed by atoms with Gasteiger partial charge >= 0.3 is 0 Å². The molecular weight excluding hydrogens is 390 g/mol. The summed E-state index contributed by atoms with van der Waals surface area (Å²) in [4.78, 5) is 37.0. The molecule has 2 aromatic carbocycles. The van der Waals surface area contributed by atoms with E-state index < -0.39 is 11.9 Å². The number of rotatable bonds is 8. The van der Waals surface area contributed by atoms with E-state index in [-0.39, 0.29) is 30.7 Å². The monoisotopic (exact) mass is 415 g/mol. The number of carbonyl (C=O) groups is 3. The van der Waals surface area contributed by atoms with Gasteiger partial charge in [0.25, 0.3) is 0 Å². The van der Waals surface area contributed by atoms with Gasteiger partial charge in [-0.05, 0) is 36.1 Å². The summed E-state index contributed by atoms with van der Waals surface area (Å²) in [5.74, 6) is -1.15. The Hall–Kier alpha value is -2.86. The molecule has 0 spiro atoms. The van der Waals surface area contributed by atoms with Gasteiger partial charge in [-0.25, -0.2) is 0 Å². The molecule has 29 heavy (non-hydrogen) atoms. The molecule has 0 aromatic heterocycles. The molecule has 154 valence electrons. The molecule has 0 saturated heterocycles. The van der Waals surface area contributed by atoms with Crippen LogP contribution in [0.25, 0.3) is 0 Å². The highest BCUT2D eigenvalue weighted by molar-refractivity contribution is 6.31. The third-order valence-corrected chi connectivity index (χ3v) is 4.85. The Kier molecular flexibility index (Phi) is 8.21. The molecular formula is C22H26ClN3O3. The van der Waals surface area contributed by atoms with Crippen LogP contribution in [0.4, 0.5) is 5.69 Å². The topological polar surface area (TPSA) is 87.3 Å². The predicted molar refractivity (Wildman–Crippen MR) is 115 cm³/mol. The van der Waals surface area contributed by atoms with Gasteiger partial charge in [0.2, 0.25) is 17.7 Å². The Labute approximate surface area is 176 Å². The summed E-state index contributed by atoms with van der Waals surface area (Å²) in [7, 11) is 0. The zero-order chi connectivity index (χ0) is 21.4. The van der Waals surface area contributed by atoms with Crippen LogP contribution in [-0.2, 0) is 20.8 Å². The van der Waals surface area contributed by atoms with Gasteiger partial charge in [-0.15, -0.1) is 0 Å². The molecule has 0 heterocycles.